The average molecular weight is 323 g/mol. The number of halogens is 1. The van der Waals surface area contributed by atoms with Crippen LogP contribution in [0.4, 0.5) is 0 Å². The first-order chi connectivity index (χ1) is 10.1. The van der Waals surface area contributed by atoms with Crippen LogP contribution in [-0.4, -0.2) is 50.5 Å². The lowest BCUT2D eigenvalue weighted by molar-refractivity contribution is -0.142. The first kappa shape index (κ1) is 18.6. The van der Waals surface area contributed by atoms with Gasteiger partial charge in [0, 0.05) is 17.8 Å². The zero-order valence-electron chi connectivity index (χ0n) is 12.6. The van der Waals surface area contributed by atoms with Crippen LogP contribution in [0.3, 0.4) is 0 Å². The van der Waals surface area contributed by atoms with Crippen molar-refractivity contribution in [3.05, 3.63) is 0 Å². The van der Waals surface area contributed by atoms with E-state index in [0.29, 0.717) is 31.9 Å². The topological polar surface area (TPSA) is 96.8 Å². The van der Waals surface area contributed by atoms with E-state index in [1.54, 1.807) is 0 Å². The highest BCUT2D eigenvalue weighted by atomic mass is 35.5. The maximum absolute atomic E-state index is 11.3. The van der Waals surface area contributed by atoms with Gasteiger partial charge in [-0.3, -0.25) is 4.79 Å². The number of ether oxygens (including phenoxy) is 3. The van der Waals surface area contributed by atoms with Gasteiger partial charge in [-0.2, -0.15) is 0 Å². The molecule has 3 atom stereocenters. The van der Waals surface area contributed by atoms with Crippen LogP contribution in [0.5, 0.6) is 0 Å². The fraction of sp³-hybridized carbons (Fsp3) is 0.929. The molecule has 0 aromatic heterocycles. The monoisotopic (exact) mass is 322 g/mol. The molecular weight excluding hydrogens is 296 g/mol. The lowest BCUT2D eigenvalue weighted by Crippen LogP contribution is -2.40. The number of carbonyl (C=O) groups is 1. The molecule has 1 aliphatic heterocycles. The Hall–Kier alpha value is -0.400. The summed E-state index contributed by atoms with van der Waals surface area (Å²) < 4.78 is 15.8. The van der Waals surface area contributed by atoms with Gasteiger partial charge < -0.3 is 25.7 Å². The Morgan fingerprint density at radius 1 is 1.29 bits per heavy atom. The van der Waals surface area contributed by atoms with Gasteiger partial charge in [-0.05, 0) is 25.7 Å². The van der Waals surface area contributed by atoms with E-state index in [-0.39, 0.29) is 18.2 Å². The van der Waals surface area contributed by atoms with Crippen molar-refractivity contribution in [1.29, 1.82) is 0 Å². The van der Waals surface area contributed by atoms with Gasteiger partial charge in [0.2, 0.25) is 0 Å². The highest BCUT2D eigenvalue weighted by Gasteiger charge is 2.29. The van der Waals surface area contributed by atoms with Crippen LogP contribution in [0.1, 0.15) is 32.1 Å². The normalized spacial score (nSPS) is 20.2. The minimum atomic E-state index is -0.682. The molecule has 1 rings (SSSR count). The molecule has 0 radical (unpaired) electrons. The summed E-state index contributed by atoms with van der Waals surface area (Å²) in [4.78, 5) is 11.3. The maximum atomic E-state index is 11.3. The Kier molecular flexibility index (Phi) is 9.19. The number of alkyl halides is 1. The molecule has 21 heavy (non-hydrogen) atoms. The Labute approximate surface area is 131 Å². The van der Waals surface area contributed by atoms with E-state index < -0.39 is 12.0 Å². The Morgan fingerprint density at radius 2 is 1.95 bits per heavy atom. The first-order valence-corrected chi connectivity index (χ1v) is 8.00. The van der Waals surface area contributed by atoms with Crippen molar-refractivity contribution >= 4 is 17.6 Å². The third-order valence-electron chi connectivity index (χ3n) is 3.66. The minimum absolute atomic E-state index is 0.187. The van der Waals surface area contributed by atoms with Gasteiger partial charge in [0.15, 0.2) is 6.29 Å². The van der Waals surface area contributed by atoms with Crippen LogP contribution in [0.25, 0.3) is 0 Å². The van der Waals surface area contributed by atoms with Gasteiger partial charge in [0.05, 0.1) is 20.3 Å². The van der Waals surface area contributed by atoms with Crippen molar-refractivity contribution < 1.29 is 19.0 Å². The molecule has 0 aromatic rings. The highest BCUT2D eigenvalue weighted by molar-refractivity contribution is 6.17. The number of carbonyl (C=O) groups excluding carboxylic acids is 1. The van der Waals surface area contributed by atoms with Gasteiger partial charge in [-0.25, -0.2) is 0 Å². The maximum Gasteiger partial charge on any atom is 0.322 e. The number of rotatable bonds is 10. The number of esters is 1. The lowest BCUT2D eigenvalue weighted by atomic mass is 9.91. The smallest absolute Gasteiger partial charge is 0.322 e. The van der Waals surface area contributed by atoms with E-state index in [2.05, 4.69) is 4.74 Å². The van der Waals surface area contributed by atoms with E-state index in [4.69, 9.17) is 32.5 Å². The SMILES string of the molecule is COC(=O)[C@H](N)C[C@H](N)C[C@@H](CCCCCl)C1OCCO1. The fourth-order valence-electron chi connectivity index (χ4n) is 2.57. The predicted molar refractivity (Wildman–Crippen MR) is 81.0 cm³/mol. The van der Waals surface area contributed by atoms with Crippen molar-refractivity contribution in [2.45, 2.75) is 50.5 Å². The Morgan fingerprint density at radius 3 is 2.52 bits per heavy atom. The molecular formula is C14H27ClN2O4. The van der Waals surface area contributed by atoms with Gasteiger partial charge in [-0.1, -0.05) is 6.42 Å². The van der Waals surface area contributed by atoms with Crippen molar-refractivity contribution in [1.82, 2.24) is 0 Å². The number of methoxy groups -OCH3 is 1. The van der Waals surface area contributed by atoms with Crippen LogP contribution in [-0.2, 0) is 19.0 Å². The quantitative estimate of drug-likeness (QED) is 0.354. The summed E-state index contributed by atoms with van der Waals surface area (Å²) in [5.41, 5.74) is 11.9. The molecule has 1 heterocycles. The van der Waals surface area contributed by atoms with Crippen LogP contribution in [0.15, 0.2) is 0 Å². The van der Waals surface area contributed by atoms with Crippen LogP contribution < -0.4 is 11.5 Å². The standard InChI is InChI=1S/C14H27ClN2O4/c1-19-13(18)12(17)9-11(16)8-10(4-2-3-5-15)14-20-6-7-21-14/h10-12,14H,2-9,16-17H2,1H3/t10-,11-,12-/m1/s1. The van der Waals surface area contributed by atoms with Crippen molar-refractivity contribution in [3.8, 4) is 0 Å². The predicted octanol–water partition coefficient (Wildman–Crippen LogP) is 0.992. The molecule has 0 aliphatic carbocycles. The molecule has 1 aliphatic rings. The van der Waals surface area contributed by atoms with E-state index in [1.165, 1.54) is 7.11 Å². The molecule has 0 amide bonds. The van der Waals surface area contributed by atoms with Crippen molar-refractivity contribution in [3.63, 3.8) is 0 Å². The van der Waals surface area contributed by atoms with Crippen LogP contribution in [0, 0.1) is 5.92 Å². The molecule has 1 saturated heterocycles. The Balaban J connectivity index is 2.44. The summed E-state index contributed by atoms with van der Waals surface area (Å²) in [5.74, 6) is 0.423. The summed E-state index contributed by atoms with van der Waals surface area (Å²) in [6.07, 6.45) is 3.80. The van der Waals surface area contributed by atoms with E-state index in [1.807, 2.05) is 0 Å². The average Bonchev–Trinajstić information content (AvgIpc) is 2.99. The summed E-state index contributed by atoms with van der Waals surface area (Å²) in [6, 6.07) is -0.869. The molecule has 7 heteroatoms. The third kappa shape index (κ3) is 6.93. The zero-order valence-corrected chi connectivity index (χ0v) is 13.4. The van der Waals surface area contributed by atoms with Gasteiger partial charge in [0.25, 0.3) is 0 Å². The first-order valence-electron chi connectivity index (χ1n) is 7.46. The van der Waals surface area contributed by atoms with Crippen LogP contribution >= 0.6 is 11.6 Å². The second kappa shape index (κ2) is 10.3. The second-order valence-corrected chi connectivity index (χ2v) is 5.79. The Bertz CT molecular complexity index is 301. The second-order valence-electron chi connectivity index (χ2n) is 5.42. The van der Waals surface area contributed by atoms with Gasteiger partial charge in [0.1, 0.15) is 6.04 Å². The molecule has 0 unspecified atom stereocenters. The largest absolute Gasteiger partial charge is 0.468 e. The number of nitrogens with two attached hydrogens (primary N) is 2. The highest BCUT2D eigenvalue weighted by Crippen LogP contribution is 2.25. The fourth-order valence-corrected chi connectivity index (χ4v) is 2.76. The summed E-state index contributed by atoms with van der Waals surface area (Å²) in [7, 11) is 1.32. The molecule has 1 fully saturated rings. The number of hydrogen-bond acceptors (Lipinski definition) is 6. The van der Waals surface area contributed by atoms with Crippen LogP contribution in [0.2, 0.25) is 0 Å². The lowest BCUT2D eigenvalue weighted by Gasteiger charge is -2.26. The van der Waals surface area contributed by atoms with Gasteiger partial charge >= 0.3 is 5.97 Å². The summed E-state index contributed by atoms with van der Waals surface area (Å²) in [5, 5.41) is 0. The minimum Gasteiger partial charge on any atom is -0.468 e. The number of hydrogen-bond donors (Lipinski definition) is 2. The van der Waals surface area contributed by atoms with E-state index in [0.717, 1.165) is 19.3 Å². The molecule has 0 aromatic carbocycles. The summed E-state index contributed by atoms with van der Waals surface area (Å²) >= 11 is 5.71. The molecule has 0 bridgehead atoms. The van der Waals surface area contributed by atoms with E-state index in [9.17, 15) is 4.79 Å². The molecule has 124 valence electrons. The molecule has 4 N–H and O–H groups in total. The molecule has 6 nitrogen and oxygen atoms in total. The molecule has 0 spiro atoms. The summed E-state index contributed by atoms with van der Waals surface area (Å²) in [6.45, 7) is 1.24. The zero-order chi connectivity index (χ0) is 15.7. The van der Waals surface area contributed by atoms with E-state index >= 15 is 0 Å². The van der Waals surface area contributed by atoms with Crippen molar-refractivity contribution in [2.75, 3.05) is 26.2 Å². The van der Waals surface area contributed by atoms with Crippen molar-refractivity contribution in [2.24, 2.45) is 17.4 Å². The number of unbranched alkanes of at least 4 members (excludes halogenated alkanes) is 1. The molecule has 0 saturated carbocycles. The third-order valence-corrected chi connectivity index (χ3v) is 3.92. The van der Waals surface area contributed by atoms with Gasteiger partial charge in [-0.15, -0.1) is 11.6 Å².